The molecular weight excluding hydrogens is 452 g/mol. The van der Waals surface area contributed by atoms with Gasteiger partial charge in [0.15, 0.2) is 0 Å². The number of aryl methyl sites for hydroxylation is 2. The first-order valence-electron chi connectivity index (χ1n) is 12.0. The summed E-state index contributed by atoms with van der Waals surface area (Å²) in [7, 11) is 3.83. The van der Waals surface area contributed by atoms with Crippen LogP contribution in [0.4, 0.5) is 0 Å². The van der Waals surface area contributed by atoms with Crippen molar-refractivity contribution >= 4 is 17.4 Å². The molecule has 0 radical (unpaired) electrons. The van der Waals surface area contributed by atoms with Gasteiger partial charge in [-0.2, -0.15) is 0 Å². The first-order chi connectivity index (χ1) is 17.3. The van der Waals surface area contributed by atoms with Gasteiger partial charge in [0.2, 0.25) is 0 Å². The van der Waals surface area contributed by atoms with Gasteiger partial charge in [0.1, 0.15) is 18.1 Å². The molecule has 6 heteroatoms. The molecule has 4 rings (SSSR count). The van der Waals surface area contributed by atoms with Crippen LogP contribution in [-0.2, 0) is 16.2 Å². The highest BCUT2D eigenvalue weighted by atomic mass is 16.5. The van der Waals surface area contributed by atoms with Crippen molar-refractivity contribution in [3.8, 4) is 5.75 Å². The Morgan fingerprint density at radius 1 is 0.944 bits per heavy atom. The lowest BCUT2D eigenvalue weighted by atomic mass is 9.94. The van der Waals surface area contributed by atoms with Gasteiger partial charge in [-0.25, -0.2) is 0 Å². The predicted molar refractivity (Wildman–Crippen MR) is 141 cm³/mol. The van der Waals surface area contributed by atoms with Crippen LogP contribution in [0.1, 0.15) is 33.9 Å². The number of carbonyl (C=O) groups excluding carboxylic acids is 2. The quantitative estimate of drug-likeness (QED) is 0.281. The monoisotopic (exact) mass is 484 g/mol. The summed E-state index contributed by atoms with van der Waals surface area (Å²) >= 11 is 0. The van der Waals surface area contributed by atoms with Crippen molar-refractivity contribution in [2.75, 3.05) is 27.2 Å². The van der Waals surface area contributed by atoms with Crippen LogP contribution in [0.15, 0.2) is 78.4 Å². The Balaban J connectivity index is 1.69. The predicted octanol–water partition coefficient (Wildman–Crippen LogP) is 4.87. The molecule has 36 heavy (non-hydrogen) atoms. The van der Waals surface area contributed by atoms with Crippen molar-refractivity contribution in [3.63, 3.8) is 0 Å². The summed E-state index contributed by atoms with van der Waals surface area (Å²) in [5, 5.41) is 11.3. The van der Waals surface area contributed by atoms with E-state index in [2.05, 4.69) is 0 Å². The number of amides is 1. The van der Waals surface area contributed by atoms with Crippen molar-refractivity contribution in [1.29, 1.82) is 0 Å². The molecule has 0 saturated carbocycles. The standard InChI is InChI=1S/C30H32N2O4/c1-20-10-11-24(18-21(20)2)28(33)26-27(32(17-16-31(3)4)30(35)29(26)34)23-12-14-25(15-13-23)36-19-22-8-6-5-7-9-22/h5-15,18,27,33H,16-17,19H2,1-4H3/b28-26-. The summed E-state index contributed by atoms with van der Waals surface area (Å²) < 4.78 is 5.91. The van der Waals surface area contributed by atoms with Gasteiger partial charge in [0, 0.05) is 18.7 Å². The third-order valence-corrected chi connectivity index (χ3v) is 6.55. The third-order valence-electron chi connectivity index (χ3n) is 6.55. The largest absolute Gasteiger partial charge is 0.507 e. The molecule has 0 aromatic heterocycles. The Kier molecular flexibility index (Phi) is 7.55. The SMILES string of the molecule is Cc1ccc(/C(O)=C2/C(=O)C(=O)N(CCN(C)C)C2c2ccc(OCc3ccccc3)cc2)cc1C. The molecule has 1 aliphatic rings. The summed E-state index contributed by atoms with van der Waals surface area (Å²) in [6, 6.07) is 22.1. The van der Waals surface area contributed by atoms with Crippen LogP contribution in [0.2, 0.25) is 0 Å². The van der Waals surface area contributed by atoms with Gasteiger partial charge in [-0.3, -0.25) is 9.59 Å². The van der Waals surface area contributed by atoms with Gasteiger partial charge in [-0.05, 0) is 68.4 Å². The van der Waals surface area contributed by atoms with E-state index in [1.165, 1.54) is 0 Å². The molecular formula is C30H32N2O4. The average Bonchev–Trinajstić information content (AvgIpc) is 3.13. The molecule has 3 aromatic rings. The average molecular weight is 485 g/mol. The normalized spacial score (nSPS) is 17.1. The summed E-state index contributed by atoms with van der Waals surface area (Å²) in [6.07, 6.45) is 0. The van der Waals surface area contributed by atoms with E-state index in [1.54, 1.807) is 11.0 Å². The molecule has 186 valence electrons. The van der Waals surface area contributed by atoms with Crippen molar-refractivity contribution in [2.45, 2.75) is 26.5 Å². The van der Waals surface area contributed by atoms with E-state index in [0.29, 0.717) is 31.0 Å². The Bertz CT molecular complexity index is 1280. The summed E-state index contributed by atoms with van der Waals surface area (Å²) in [5.74, 6) is -0.740. The number of likely N-dealkylation sites (N-methyl/N-ethyl adjacent to an activating group) is 1. The lowest BCUT2D eigenvalue weighted by Gasteiger charge is -2.26. The number of ketones is 1. The number of Topliss-reactive ketones (excluding diaryl/α,β-unsaturated/α-hetero) is 1. The van der Waals surface area contributed by atoms with Crippen LogP contribution >= 0.6 is 0 Å². The molecule has 1 atom stereocenters. The molecule has 1 fully saturated rings. The molecule has 0 bridgehead atoms. The zero-order valence-electron chi connectivity index (χ0n) is 21.2. The van der Waals surface area contributed by atoms with E-state index in [-0.39, 0.29) is 11.3 Å². The minimum atomic E-state index is -0.685. The highest BCUT2D eigenvalue weighted by Crippen LogP contribution is 2.40. The number of likely N-dealkylation sites (tertiary alicyclic amines) is 1. The molecule has 3 aromatic carbocycles. The van der Waals surface area contributed by atoms with Crippen molar-refractivity contribution in [2.24, 2.45) is 0 Å². The molecule has 1 N–H and O–H groups in total. The lowest BCUT2D eigenvalue weighted by Crippen LogP contribution is -2.35. The van der Waals surface area contributed by atoms with Crippen LogP contribution in [0.3, 0.4) is 0 Å². The second-order valence-electron chi connectivity index (χ2n) is 9.44. The van der Waals surface area contributed by atoms with E-state index in [9.17, 15) is 14.7 Å². The second-order valence-corrected chi connectivity index (χ2v) is 9.44. The number of rotatable bonds is 8. The number of benzene rings is 3. The van der Waals surface area contributed by atoms with E-state index in [0.717, 1.165) is 22.3 Å². The third kappa shape index (κ3) is 5.34. The molecule has 1 aliphatic heterocycles. The molecule has 1 unspecified atom stereocenters. The number of aliphatic hydroxyl groups is 1. The zero-order chi connectivity index (χ0) is 25.8. The summed E-state index contributed by atoms with van der Waals surface area (Å²) in [6.45, 7) is 5.33. The van der Waals surface area contributed by atoms with Gasteiger partial charge < -0.3 is 19.6 Å². The molecule has 0 aliphatic carbocycles. The number of carbonyl (C=O) groups is 2. The zero-order valence-corrected chi connectivity index (χ0v) is 21.2. The summed E-state index contributed by atoms with van der Waals surface area (Å²) in [4.78, 5) is 29.8. The van der Waals surface area contributed by atoms with Crippen LogP contribution < -0.4 is 4.74 Å². The van der Waals surface area contributed by atoms with Gasteiger partial charge in [0.25, 0.3) is 11.7 Å². The lowest BCUT2D eigenvalue weighted by molar-refractivity contribution is -0.140. The fraction of sp³-hybridized carbons (Fsp3) is 0.267. The maximum atomic E-state index is 13.2. The molecule has 1 amide bonds. The minimum absolute atomic E-state index is 0.111. The van der Waals surface area contributed by atoms with E-state index in [1.807, 2.05) is 99.6 Å². The fourth-order valence-electron chi connectivity index (χ4n) is 4.30. The maximum Gasteiger partial charge on any atom is 0.295 e. The number of nitrogens with zero attached hydrogens (tertiary/aromatic N) is 2. The van der Waals surface area contributed by atoms with Crippen molar-refractivity contribution in [1.82, 2.24) is 9.80 Å². The van der Waals surface area contributed by atoms with Crippen LogP contribution in [0.5, 0.6) is 5.75 Å². The second kappa shape index (κ2) is 10.8. The van der Waals surface area contributed by atoms with E-state index < -0.39 is 17.7 Å². The Morgan fingerprint density at radius 3 is 2.28 bits per heavy atom. The van der Waals surface area contributed by atoms with E-state index >= 15 is 0 Å². The minimum Gasteiger partial charge on any atom is -0.507 e. The highest BCUT2D eigenvalue weighted by Gasteiger charge is 2.45. The number of hydrogen-bond acceptors (Lipinski definition) is 5. The van der Waals surface area contributed by atoms with Crippen LogP contribution in [-0.4, -0.2) is 53.8 Å². The Hall–Kier alpha value is -3.90. The van der Waals surface area contributed by atoms with Gasteiger partial charge in [-0.1, -0.05) is 54.6 Å². The van der Waals surface area contributed by atoms with Gasteiger partial charge in [0.05, 0.1) is 11.6 Å². The Morgan fingerprint density at radius 2 is 1.64 bits per heavy atom. The number of ether oxygens (including phenoxy) is 1. The molecule has 6 nitrogen and oxygen atoms in total. The first kappa shape index (κ1) is 25.2. The highest BCUT2D eigenvalue weighted by molar-refractivity contribution is 6.46. The first-order valence-corrected chi connectivity index (χ1v) is 12.0. The van der Waals surface area contributed by atoms with Crippen molar-refractivity contribution < 1.29 is 19.4 Å². The maximum absolute atomic E-state index is 13.2. The molecule has 0 spiro atoms. The topological polar surface area (TPSA) is 70.1 Å². The fourth-order valence-corrected chi connectivity index (χ4v) is 4.30. The number of aliphatic hydroxyl groups excluding tert-OH is 1. The summed E-state index contributed by atoms with van der Waals surface area (Å²) in [5.41, 5.74) is 4.52. The Labute approximate surface area is 212 Å². The van der Waals surface area contributed by atoms with Gasteiger partial charge in [-0.15, -0.1) is 0 Å². The van der Waals surface area contributed by atoms with Gasteiger partial charge >= 0.3 is 0 Å². The molecule has 1 saturated heterocycles. The smallest absolute Gasteiger partial charge is 0.295 e. The molecule has 1 heterocycles. The van der Waals surface area contributed by atoms with Crippen LogP contribution in [0, 0.1) is 13.8 Å². The van der Waals surface area contributed by atoms with E-state index in [4.69, 9.17) is 4.74 Å². The van der Waals surface area contributed by atoms with Crippen LogP contribution in [0.25, 0.3) is 5.76 Å². The number of hydrogen-bond donors (Lipinski definition) is 1. The van der Waals surface area contributed by atoms with Crippen molar-refractivity contribution in [3.05, 3.63) is 106 Å².